The SMILES string of the molecule is CCCCCCCCn1ccc2c(-c3noc(C4CCCN4C(=N)N)n3)cccc21. The molecule has 1 atom stereocenters. The second-order valence-electron chi connectivity index (χ2n) is 8.21. The first-order valence-corrected chi connectivity index (χ1v) is 11.2. The average Bonchev–Trinajstić information content (AvgIpc) is 3.49. The van der Waals surface area contributed by atoms with Gasteiger partial charge in [0.25, 0.3) is 0 Å². The fourth-order valence-electron chi connectivity index (χ4n) is 4.47. The molecule has 1 unspecified atom stereocenters. The van der Waals surface area contributed by atoms with E-state index >= 15 is 0 Å². The van der Waals surface area contributed by atoms with E-state index in [-0.39, 0.29) is 12.0 Å². The van der Waals surface area contributed by atoms with Crippen LogP contribution in [0.5, 0.6) is 0 Å². The minimum atomic E-state index is -0.0970. The predicted octanol–water partition coefficient (Wildman–Crippen LogP) is 5.08. The van der Waals surface area contributed by atoms with E-state index in [0.717, 1.165) is 36.9 Å². The van der Waals surface area contributed by atoms with Gasteiger partial charge < -0.3 is 19.7 Å². The van der Waals surface area contributed by atoms with Crippen LogP contribution in [-0.4, -0.2) is 32.1 Å². The van der Waals surface area contributed by atoms with Crippen molar-refractivity contribution in [2.24, 2.45) is 5.73 Å². The van der Waals surface area contributed by atoms with E-state index in [2.05, 4.69) is 46.0 Å². The molecule has 4 rings (SSSR count). The van der Waals surface area contributed by atoms with Gasteiger partial charge in [0.05, 0.1) is 0 Å². The first-order chi connectivity index (χ1) is 14.7. The Morgan fingerprint density at radius 1 is 1.20 bits per heavy atom. The molecule has 0 amide bonds. The molecule has 0 radical (unpaired) electrons. The van der Waals surface area contributed by atoms with Crippen LogP contribution in [0.3, 0.4) is 0 Å². The maximum atomic E-state index is 7.77. The summed E-state index contributed by atoms with van der Waals surface area (Å²) in [6, 6.07) is 8.31. The Morgan fingerprint density at radius 3 is 2.87 bits per heavy atom. The predicted molar refractivity (Wildman–Crippen MR) is 119 cm³/mol. The molecule has 1 aliphatic heterocycles. The average molecular weight is 409 g/mol. The molecular formula is C23H32N6O. The largest absolute Gasteiger partial charge is 0.370 e. The van der Waals surface area contributed by atoms with Gasteiger partial charge in [-0.2, -0.15) is 4.98 Å². The highest BCUT2D eigenvalue weighted by Crippen LogP contribution is 2.33. The molecule has 1 aliphatic rings. The summed E-state index contributed by atoms with van der Waals surface area (Å²) in [5, 5.41) is 13.2. The van der Waals surface area contributed by atoms with E-state index in [1.807, 2.05) is 11.0 Å². The van der Waals surface area contributed by atoms with Crippen molar-refractivity contribution in [1.82, 2.24) is 19.6 Å². The number of hydrogen-bond donors (Lipinski definition) is 2. The van der Waals surface area contributed by atoms with E-state index in [1.165, 1.54) is 44.0 Å². The molecule has 160 valence electrons. The highest BCUT2D eigenvalue weighted by molar-refractivity contribution is 5.93. The summed E-state index contributed by atoms with van der Waals surface area (Å²) in [4.78, 5) is 6.51. The number of fused-ring (bicyclic) bond motifs is 1. The number of hydrogen-bond acceptors (Lipinski definition) is 4. The topological polar surface area (TPSA) is 97.0 Å². The van der Waals surface area contributed by atoms with Gasteiger partial charge in [-0.1, -0.05) is 56.3 Å². The molecule has 7 heteroatoms. The first kappa shape index (κ1) is 20.4. The molecule has 30 heavy (non-hydrogen) atoms. The van der Waals surface area contributed by atoms with Crippen LogP contribution in [0.1, 0.15) is 70.2 Å². The van der Waals surface area contributed by atoms with E-state index in [0.29, 0.717) is 11.7 Å². The lowest BCUT2D eigenvalue weighted by molar-refractivity contribution is 0.283. The Kier molecular flexibility index (Phi) is 6.35. The number of rotatable bonds is 9. The number of guanidine groups is 1. The third-order valence-corrected chi connectivity index (χ3v) is 6.10. The Bertz CT molecular complexity index is 991. The number of aromatic nitrogens is 3. The van der Waals surface area contributed by atoms with E-state index in [9.17, 15) is 0 Å². The second-order valence-corrected chi connectivity index (χ2v) is 8.21. The van der Waals surface area contributed by atoms with Gasteiger partial charge in [-0.15, -0.1) is 0 Å². The lowest BCUT2D eigenvalue weighted by Gasteiger charge is -2.21. The number of aryl methyl sites for hydroxylation is 1. The third kappa shape index (κ3) is 4.20. The lowest BCUT2D eigenvalue weighted by atomic mass is 10.1. The highest BCUT2D eigenvalue weighted by atomic mass is 16.5. The molecule has 1 fully saturated rings. The smallest absolute Gasteiger partial charge is 0.249 e. The monoisotopic (exact) mass is 408 g/mol. The van der Waals surface area contributed by atoms with Crippen LogP contribution >= 0.6 is 0 Å². The molecule has 1 saturated heterocycles. The quantitative estimate of drug-likeness (QED) is 0.292. The van der Waals surface area contributed by atoms with Gasteiger partial charge in [-0.05, 0) is 31.4 Å². The molecule has 3 heterocycles. The van der Waals surface area contributed by atoms with Crippen molar-refractivity contribution >= 4 is 16.9 Å². The van der Waals surface area contributed by atoms with Crippen molar-refractivity contribution in [3.63, 3.8) is 0 Å². The summed E-state index contributed by atoms with van der Waals surface area (Å²) in [6.45, 7) is 4.05. The van der Waals surface area contributed by atoms with Gasteiger partial charge in [-0.25, -0.2) is 0 Å². The summed E-state index contributed by atoms with van der Waals surface area (Å²) in [7, 11) is 0. The Morgan fingerprint density at radius 2 is 2.03 bits per heavy atom. The molecule has 0 aliphatic carbocycles. The standard InChI is InChI=1S/C23H32N6O/c1-2-3-4-5-6-7-14-28-16-13-17-18(10-8-11-19(17)28)21-26-22(30-27-21)20-12-9-15-29(20)23(24)25/h8,10-11,13,16,20H,2-7,9,12,14-15H2,1H3,(H3,24,25). The molecule has 7 nitrogen and oxygen atoms in total. The summed E-state index contributed by atoms with van der Waals surface area (Å²) in [5.74, 6) is 1.20. The zero-order valence-electron chi connectivity index (χ0n) is 17.8. The molecule has 3 N–H and O–H groups in total. The van der Waals surface area contributed by atoms with E-state index in [4.69, 9.17) is 15.7 Å². The first-order valence-electron chi connectivity index (χ1n) is 11.2. The van der Waals surface area contributed by atoms with E-state index < -0.39 is 0 Å². The number of unbranched alkanes of at least 4 members (excludes halogenated alkanes) is 5. The van der Waals surface area contributed by atoms with Gasteiger partial charge in [-0.3, -0.25) is 5.41 Å². The molecule has 0 spiro atoms. The Labute approximate surface area is 177 Å². The van der Waals surface area contributed by atoms with Crippen LogP contribution in [0, 0.1) is 5.41 Å². The Balaban J connectivity index is 1.49. The van der Waals surface area contributed by atoms with Crippen molar-refractivity contribution in [1.29, 1.82) is 5.41 Å². The van der Waals surface area contributed by atoms with Gasteiger partial charge >= 0.3 is 0 Å². The summed E-state index contributed by atoms with van der Waals surface area (Å²) in [5.41, 5.74) is 7.90. The molecule has 0 bridgehead atoms. The highest BCUT2D eigenvalue weighted by Gasteiger charge is 2.31. The molecule has 2 aromatic heterocycles. The van der Waals surface area contributed by atoms with Crippen molar-refractivity contribution in [3.05, 3.63) is 36.4 Å². The minimum absolute atomic E-state index is 0.0612. The van der Waals surface area contributed by atoms with Gasteiger partial charge in [0, 0.05) is 35.8 Å². The molecule has 1 aromatic carbocycles. The van der Waals surface area contributed by atoms with Crippen LogP contribution in [0.2, 0.25) is 0 Å². The van der Waals surface area contributed by atoms with Crippen molar-refractivity contribution in [3.8, 4) is 11.4 Å². The third-order valence-electron chi connectivity index (χ3n) is 6.10. The number of nitrogens with two attached hydrogens (primary N) is 1. The van der Waals surface area contributed by atoms with Crippen LogP contribution in [0.4, 0.5) is 0 Å². The van der Waals surface area contributed by atoms with Gasteiger partial charge in [0.2, 0.25) is 11.7 Å². The molecule has 3 aromatic rings. The molecule has 0 saturated carbocycles. The van der Waals surface area contributed by atoms with Crippen LogP contribution in [-0.2, 0) is 6.54 Å². The number of benzene rings is 1. The normalized spacial score (nSPS) is 16.6. The maximum absolute atomic E-state index is 7.77. The lowest BCUT2D eigenvalue weighted by Crippen LogP contribution is -2.35. The zero-order chi connectivity index (χ0) is 20.9. The summed E-state index contributed by atoms with van der Waals surface area (Å²) >= 11 is 0. The zero-order valence-corrected chi connectivity index (χ0v) is 17.8. The van der Waals surface area contributed by atoms with Crippen LogP contribution in [0.15, 0.2) is 35.0 Å². The van der Waals surface area contributed by atoms with Crippen molar-refractivity contribution in [2.75, 3.05) is 6.54 Å². The van der Waals surface area contributed by atoms with E-state index in [1.54, 1.807) is 0 Å². The fraction of sp³-hybridized carbons (Fsp3) is 0.522. The Hall–Kier alpha value is -2.83. The number of nitrogens with one attached hydrogen (secondary N) is 1. The summed E-state index contributed by atoms with van der Waals surface area (Å²) < 4.78 is 7.92. The second kappa shape index (κ2) is 9.32. The number of nitrogens with zero attached hydrogens (tertiary/aromatic N) is 4. The summed E-state index contributed by atoms with van der Waals surface area (Å²) in [6.07, 6.45) is 11.8. The molecular weight excluding hydrogens is 376 g/mol. The fourth-order valence-corrected chi connectivity index (χ4v) is 4.47. The number of likely N-dealkylation sites (tertiary alicyclic amines) is 1. The van der Waals surface area contributed by atoms with Gasteiger partial charge in [0.15, 0.2) is 5.96 Å². The van der Waals surface area contributed by atoms with Crippen LogP contribution < -0.4 is 5.73 Å². The van der Waals surface area contributed by atoms with Gasteiger partial charge in [0.1, 0.15) is 6.04 Å². The van der Waals surface area contributed by atoms with Crippen LogP contribution in [0.25, 0.3) is 22.3 Å². The van der Waals surface area contributed by atoms with Crippen molar-refractivity contribution in [2.45, 2.75) is 70.9 Å². The van der Waals surface area contributed by atoms with Crippen molar-refractivity contribution < 1.29 is 4.52 Å². The maximum Gasteiger partial charge on any atom is 0.249 e. The minimum Gasteiger partial charge on any atom is -0.370 e.